The zero-order valence-corrected chi connectivity index (χ0v) is 18.4. The summed E-state index contributed by atoms with van der Waals surface area (Å²) in [5, 5.41) is 3.31. The minimum absolute atomic E-state index is 0.0357. The number of halogens is 2. The van der Waals surface area contributed by atoms with Gasteiger partial charge in [0.2, 0.25) is 0 Å². The third-order valence-electron chi connectivity index (χ3n) is 4.20. The predicted molar refractivity (Wildman–Crippen MR) is 119 cm³/mol. The minimum Gasteiger partial charge on any atom is -0.495 e. The summed E-state index contributed by atoms with van der Waals surface area (Å²) >= 11 is 11.9. The highest BCUT2D eigenvalue weighted by atomic mass is 35.5. The second-order valence-electron chi connectivity index (χ2n) is 6.41. The number of rotatable bonds is 6. The topological polar surface area (TPSA) is 84.5 Å². The monoisotopic (exact) mass is 464 g/mol. The fourth-order valence-corrected chi connectivity index (χ4v) is 4.25. The molecule has 0 aliphatic carbocycles. The van der Waals surface area contributed by atoms with Gasteiger partial charge in [0.15, 0.2) is 0 Å². The number of aryl methyl sites for hydroxylation is 1. The second kappa shape index (κ2) is 8.95. The molecule has 9 heteroatoms. The van der Waals surface area contributed by atoms with E-state index in [-0.39, 0.29) is 15.5 Å². The lowest BCUT2D eigenvalue weighted by atomic mass is 10.2. The van der Waals surface area contributed by atoms with E-state index in [1.807, 2.05) is 13.0 Å². The van der Waals surface area contributed by atoms with Crippen LogP contribution < -0.4 is 14.8 Å². The van der Waals surface area contributed by atoms with E-state index in [0.29, 0.717) is 22.1 Å². The van der Waals surface area contributed by atoms with Crippen LogP contribution in [0.5, 0.6) is 5.75 Å². The first-order valence-corrected chi connectivity index (χ1v) is 11.0. The number of anilines is 2. The molecular weight excluding hydrogens is 447 g/mol. The fourth-order valence-electron chi connectivity index (χ4n) is 2.69. The van der Waals surface area contributed by atoms with Crippen molar-refractivity contribution in [3.63, 3.8) is 0 Å². The van der Waals surface area contributed by atoms with Gasteiger partial charge in [0, 0.05) is 10.7 Å². The first kappa shape index (κ1) is 22.0. The van der Waals surface area contributed by atoms with Crippen LogP contribution in [0.4, 0.5) is 11.4 Å². The van der Waals surface area contributed by atoms with Gasteiger partial charge in [-0.1, -0.05) is 29.3 Å². The summed E-state index contributed by atoms with van der Waals surface area (Å²) in [5.74, 6) is -0.0252. The van der Waals surface area contributed by atoms with Gasteiger partial charge in [-0.25, -0.2) is 8.42 Å². The fraction of sp³-hybridized carbons (Fsp3) is 0.0952. The number of methoxy groups -OCH3 is 1. The molecule has 1 amide bonds. The predicted octanol–water partition coefficient (Wildman–Crippen LogP) is 5.36. The zero-order chi connectivity index (χ0) is 21.9. The second-order valence-corrected chi connectivity index (χ2v) is 8.94. The SMILES string of the molecule is COc1ccc(C)cc1NS(=O)(=O)c1ccc(NC(=O)c2ccc(Cl)cc2Cl)cc1. The Morgan fingerprint density at radius 1 is 0.967 bits per heavy atom. The highest BCUT2D eigenvalue weighted by Crippen LogP contribution is 2.28. The van der Waals surface area contributed by atoms with Crippen LogP contribution in [0, 0.1) is 6.92 Å². The molecule has 3 aromatic carbocycles. The summed E-state index contributed by atoms with van der Waals surface area (Å²) in [6.45, 7) is 1.85. The maximum atomic E-state index is 12.7. The van der Waals surface area contributed by atoms with E-state index in [1.54, 1.807) is 18.2 Å². The molecule has 0 aliphatic rings. The van der Waals surface area contributed by atoms with Crippen LogP contribution in [-0.4, -0.2) is 21.4 Å². The van der Waals surface area contributed by atoms with E-state index in [1.165, 1.54) is 43.5 Å². The van der Waals surface area contributed by atoms with E-state index in [2.05, 4.69) is 10.0 Å². The van der Waals surface area contributed by atoms with Crippen molar-refractivity contribution in [3.8, 4) is 5.75 Å². The zero-order valence-electron chi connectivity index (χ0n) is 16.1. The molecule has 3 aromatic rings. The Balaban J connectivity index is 1.78. The molecule has 0 heterocycles. The molecule has 3 rings (SSSR count). The molecule has 156 valence electrons. The van der Waals surface area contributed by atoms with Gasteiger partial charge in [-0.15, -0.1) is 0 Å². The van der Waals surface area contributed by atoms with Gasteiger partial charge in [0.25, 0.3) is 15.9 Å². The smallest absolute Gasteiger partial charge is 0.262 e. The maximum absolute atomic E-state index is 12.7. The molecule has 2 N–H and O–H groups in total. The van der Waals surface area contributed by atoms with Gasteiger partial charge in [-0.2, -0.15) is 0 Å². The van der Waals surface area contributed by atoms with Crippen molar-refractivity contribution in [1.82, 2.24) is 0 Å². The Morgan fingerprint density at radius 2 is 1.67 bits per heavy atom. The van der Waals surface area contributed by atoms with Crippen molar-refractivity contribution in [2.24, 2.45) is 0 Å². The number of carbonyl (C=O) groups excluding carboxylic acids is 1. The van der Waals surface area contributed by atoms with Crippen LogP contribution >= 0.6 is 23.2 Å². The first-order valence-electron chi connectivity index (χ1n) is 8.73. The molecule has 0 unspecified atom stereocenters. The molecule has 0 aliphatic heterocycles. The quantitative estimate of drug-likeness (QED) is 0.513. The maximum Gasteiger partial charge on any atom is 0.262 e. The molecular formula is C21H18Cl2N2O4S. The Kier molecular flexibility index (Phi) is 6.55. The number of amides is 1. The number of nitrogens with one attached hydrogen (secondary N) is 2. The number of ether oxygens (including phenoxy) is 1. The van der Waals surface area contributed by atoms with Crippen molar-refractivity contribution >= 4 is 50.5 Å². The summed E-state index contributed by atoms with van der Waals surface area (Å²) in [4.78, 5) is 12.4. The lowest BCUT2D eigenvalue weighted by molar-refractivity contribution is 0.102. The Hall–Kier alpha value is -2.74. The van der Waals surface area contributed by atoms with Crippen LogP contribution in [0.2, 0.25) is 10.0 Å². The van der Waals surface area contributed by atoms with Gasteiger partial charge < -0.3 is 10.1 Å². The summed E-state index contributed by atoms with van der Waals surface area (Å²) in [6.07, 6.45) is 0. The van der Waals surface area contributed by atoms with E-state index in [4.69, 9.17) is 27.9 Å². The van der Waals surface area contributed by atoms with E-state index in [0.717, 1.165) is 5.56 Å². The molecule has 30 heavy (non-hydrogen) atoms. The third-order valence-corrected chi connectivity index (χ3v) is 6.13. The molecule has 6 nitrogen and oxygen atoms in total. The van der Waals surface area contributed by atoms with Crippen molar-refractivity contribution < 1.29 is 17.9 Å². The summed E-state index contributed by atoms with van der Waals surface area (Å²) in [7, 11) is -2.38. The molecule has 0 bridgehead atoms. The van der Waals surface area contributed by atoms with Crippen LogP contribution in [0.15, 0.2) is 65.6 Å². The van der Waals surface area contributed by atoms with Crippen molar-refractivity contribution in [2.45, 2.75) is 11.8 Å². The summed E-state index contributed by atoms with van der Waals surface area (Å²) in [5.41, 5.74) is 1.89. The number of benzene rings is 3. The van der Waals surface area contributed by atoms with Crippen LogP contribution in [0.1, 0.15) is 15.9 Å². The largest absolute Gasteiger partial charge is 0.495 e. The van der Waals surface area contributed by atoms with Gasteiger partial charge in [-0.3, -0.25) is 9.52 Å². The van der Waals surface area contributed by atoms with Crippen LogP contribution in [0.3, 0.4) is 0 Å². The third kappa shape index (κ3) is 5.05. The van der Waals surface area contributed by atoms with Crippen LogP contribution in [-0.2, 0) is 10.0 Å². The lowest BCUT2D eigenvalue weighted by Gasteiger charge is -2.13. The van der Waals surface area contributed by atoms with E-state index >= 15 is 0 Å². The van der Waals surface area contributed by atoms with Crippen molar-refractivity contribution in [1.29, 1.82) is 0 Å². The van der Waals surface area contributed by atoms with Crippen molar-refractivity contribution in [2.75, 3.05) is 17.1 Å². The summed E-state index contributed by atoms with van der Waals surface area (Å²) in [6, 6.07) is 15.5. The summed E-state index contributed by atoms with van der Waals surface area (Å²) < 4.78 is 33.2. The number of carbonyl (C=O) groups is 1. The van der Waals surface area contributed by atoms with E-state index in [9.17, 15) is 13.2 Å². The number of hydrogen-bond acceptors (Lipinski definition) is 4. The molecule has 0 fully saturated rings. The Morgan fingerprint density at radius 3 is 2.30 bits per heavy atom. The van der Waals surface area contributed by atoms with E-state index < -0.39 is 15.9 Å². The van der Waals surface area contributed by atoms with Crippen molar-refractivity contribution in [3.05, 3.63) is 81.8 Å². The average Bonchev–Trinajstić information content (AvgIpc) is 2.68. The van der Waals surface area contributed by atoms with Gasteiger partial charge in [0.05, 0.1) is 28.3 Å². The molecule has 0 saturated carbocycles. The molecule has 0 aromatic heterocycles. The average molecular weight is 465 g/mol. The Labute approximate surface area is 184 Å². The molecule has 0 radical (unpaired) electrons. The van der Waals surface area contributed by atoms with Crippen LogP contribution in [0.25, 0.3) is 0 Å². The molecule has 0 spiro atoms. The highest BCUT2D eigenvalue weighted by molar-refractivity contribution is 7.92. The minimum atomic E-state index is -3.85. The molecule has 0 atom stereocenters. The standard InChI is InChI=1S/C21H18Cl2N2O4S/c1-13-3-10-20(29-2)19(11-13)25-30(27,28)16-7-5-15(6-8-16)24-21(26)17-9-4-14(22)12-18(17)23/h3-12,25H,1-2H3,(H,24,26). The first-order chi connectivity index (χ1) is 14.2. The Bertz CT molecular complexity index is 1200. The lowest BCUT2D eigenvalue weighted by Crippen LogP contribution is -2.15. The van der Waals surface area contributed by atoms with Gasteiger partial charge in [0.1, 0.15) is 5.75 Å². The normalized spacial score (nSPS) is 11.1. The number of hydrogen-bond donors (Lipinski definition) is 2. The van der Waals surface area contributed by atoms with Gasteiger partial charge in [-0.05, 0) is 67.1 Å². The number of sulfonamides is 1. The molecule has 0 saturated heterocycles. The van der Waals surface area contributed by atoms with Gasteiger partial charge >= 0.3 is 0 Å². The highest BCUT2D eigenvalue weighted by Gasteiger charge is 2.17.